The molecule has 2 rings (SSSR count). The van der Waals surface area contributed by atoms with Crippen molar-refractivity contribution in [3.63, 3.8) is 0 Å². The van der Waals surface area contributed by atoms with Gasteiger partial charge in [0.2, 0.25) is 11.7 Å². The number of nitro groups is 1. The van der Waals surface area contributed by atoms with Crippen molar-refractivity contribution in [2.24, 2.45) is 0 Å². The molecule has 0 spiro atoms. The van der Waals surface area contributed by atoms with Crippen LogP contribution in [0.3, 0.4) is 0 Å². The van der Waals surface area contributed by atoms with Crippen molar-refractivity contribution in [1.82, 2.24) is 0 Å². The minimum absolute atomic E-state index is 0.159. The molecule has 0 aliphatic rings. The van der Waals surface area contributed by atoms with E-state index < -0.39 is 28.1 Å². The number of amides is 1. The quantitative estimate of drug-likeness (QED) is 0.393. The third-order valence-electron chi connectivity index (χ3n) is 2.97. The van der Waals surface area contributed by atoms with Gasteiger partial charge in [0.1, 0.15) is 5.82 Å². The molecule has 0 fully saturated rings. The van der Waals surface area contributed by atoms with E-state index in [0.717, 1.165) is 18.2 Å². The van der Waals surface area contributed by atoms with Gasteiger partial charge in [-0.05, 0) is 23.8 Å². The lowest BCUT2D eigenvalue weighted by Crippen LogP contribution is -2.12. The average Bonchev–Trinajstić information content (AvgIpc) is 2.48. The third kappa shape index (κ3) is 4.60. The first-order valence-corrected chi connectivity index (χ1v) is 6.86. The van der Waals surface area contributed by atoms with Gasteiger partial charge >= 0.3 is 11.7 Å². The number of ether oxygens (including phenoxy) is 1. The summed E-state index contributed by atoms with van der Waals surface area (Å²) in [5.74, 6) is -2.18. The molecule has 0 aliphatic carbocycles. The Labute approximate surface area is 136 Å². The number of benzene rings is 2. The molecule has 0 aromatic heterocycles. The largest absolute Gasteiger partial charge is 0.419 e. The van der Waals surface area contributed by atoms with Crippen molar-refractivity contribution in [2.45, 2.75) is 13.3 Å². The highest BCUT2D eigenvalue weighted by molar-refractivity contribution is 5.88. The fourth-order valence-electron chi connectivity index (χ4n) is 1.96. The molecule has 0 saturated carbocycles. The third-order valence-corrected chi connectivity index (χ3v) is 2.97. The van der Waals surface area contributed by atoms with Crippen LogP contribution in [0.1, 0.15) is 12.5 Å². The molecule has 2 aromatic carbocycles. The zero-order chi connectivity index (χ0) is 17.7. The van der Waals surface area contributed by atoms with E-state index in [1.807, 2.05) is 0 Å². The van der Waals surface area contributed by atoms with Gasteiger partial charge in [0.15, 0.2) is 0 Å². The summed E-state index contributed by atoms with van der Waals surface area (Å²) in [7, 11) is 0. The molecule has 0 radical (unpaired) electrons. The maximum Gasteiger partial charge on any atom is 0.315 e. The second-order valence-corrected chi connectivity index (χ2v) is 4.90. The van der Waals surface area contributed by atoms with Crippen LogP contribution in [0.25, 0.3) is 0 Å². The first-order chi connectivity index (χ1) is 11.3. The van der Waals surface area contributed by atoms with Crippen LogP contribution >= 0.6 is 0 Å². The van der Waals surface area contributed by atoms with Crippen LogP contribution in [-0.2, 0) is 16.0 Å². The van der Waals surface area contributed by atoms with Crippen molar-refractivity contribution in [3.8, 4) is 5.75 Å². The SMILES string of the molecule is CC(=O)Nc1ccc(CC(=O)Oc2cc(F)ccc2[N+](=O)[O-])cc1. The highest BCUT2D eigenvalue weighted by atomic mass is 19.1. The Bertz CT molecular complexity index is 790. The number of nitro benzene ring substituents is 1. The number of nitrogens with one attached hydrogen (secondary N) is 1. The predicted octanol–water partition coefficient (Wildman–Crippen LogP) is 2.84. The fraction of sp³-hybridized carbons (Fsp3) is 0.125. The van der Waals surface area contributed by atoms with E-state index in [1.54, 1.807) is 24.3 Å². The van der Waals surface area contributed by atoms with Crippen molar-refractivity contribution in [3.05, 3.63) is 64.0 Å². The Morgan fingerprint density at radius 1 is 1.21 bits per heavy atom. The minimum atomic E-state index is -0.768. The lowest BCUT2D eigenvalue weighted by molar-refractivity contribution is -0.385. The molecule has 7 nitrogen and oxygen atoms in total. The van der Waals surface area contributed by atoms with Crippen LogP contribution in [0.2, 0.25) is 0 Å². The molecular weight excluding hydrogens is 319 g/mol. The summed E-state index contributed by atoms with van der Waals surface area (Å²) in [5, 5.41) is 13.4. The van der Waals surface area contributed by atoms with Crippen molar-refractivity contribution in [1.29, 1.82) is 0 Å². The van der Waals surface area contributed by atoms with E-state index in [2.05, 4.69) is 5.32 Å². The lowest BCUT2D eigenvalue weighted by Gasteiger charge is -2.06. The molecule has 0 bridgehead atoms. The number of rotatable bonds is 5. The summed E-state index contributed by atoms with van der Waals surface area (Å²) in [6, 6.07) is 9.05. The van der Waals surface area contributed by atoms with Crippen LogP contribution < -0.4 is 10.1 Å². The Hall–Kier alpha value is -3.29. The van der Waals surface area contributed by atoms with E-state index in [0.29, 0.717) is 11.3 Å². The van der Waals surface area contributed by atoms with Crippen LogP contribution in [0, 0.1) is 15.9 Å². The maximum absolute atomic E-state index is 13.2. The van der Waals surface area contributed by atoms with Gasteiger partial charge in [-0.3, -0.25) is 19.7 Å². The maximum atomic E-state index is 13.2. The van der Waals surface area contributed by atoms with Gasteiger partial charge in [-0.1, -0.05) is 12.1 Å². The second kappa shape index (κ2) is 7.32. The Morgan fingerprint density at radius 2 is 1.88 bits per heavy atom. The number of carbonyl (C=O) groups is 2. The number of anilines is 1. The van der Waals surface area contributed by atoms with E-state index in [1.165, 1.54) is 6.92 Å². The highest BCUT2D eigenvalue weighted by Gasteiger charge is 2.19. The monoisotopic (exact) mass is 332 g/mol. The lowest BCUT2D eigenvalue weighted by atomic mass is 10.1. The standard InChI is InChI=1S/C16H13FN2O5/c1-10(20)18-13-5-2-11(3-6-13)8-16(21)24-15-9-12(17)4-7-14(15)19(22)23/h2-7,9H,8H2,1H3,(H,18,20). The van der Waals surface area contributed by atoms with Gasteiger partial charge in [0.05, 0.1) is 11.3 Å². The summed E-state index contributed by atoms with van der Waals surface area (Å²) < 4.78 is 18.1. The fourth-order valence-corrected chi connectivity index (χ4v) is 1.96. The molecule has 124 valence electrons. The average molecular weight is 332 g/mol. The van der Waals surface area contributed by atoms with Crippen LogP contribution in [-0.4, -0.2) is 16.8 Å². The molecule has 8 heteroatoms. The molecule has 0 unspecified atom stereocenters. The summed E-state index contributed by atoms with van der Waals surface area (Å²) in [4.78, 5) is 32.9. The number of esters is 1. The first kappa shape index (κ1) is 17.1. The number of halogens is 1. The molecule has 1 N–H and O–H groups in total. The van der Waals surface area contributed by atoms with Crippen molar-refractivity contribution < 1.29 is 23.6 Å². The second-order valence-electron chi connectivity index (χ2n) is 4.90. The van der Waals surface area contributed by atoms with Gasteiger partial charge in [-0.15, -0.1) is 0 Å². The Kier molecular flexibility index (Phi) is 5.20. The summed E-state index contributed by atoms with van der Waals surface area (Å²) in [6.07, 6.45) is -0.159. The topological polar surface area (TPSA) is 98.5 Å². The molecule has 0 atom stereocenters. The smallest absolute Gasteiger partial charge is 0.315 e. The van der Waals surface area contributed by atoms with E-state index in [4.69, 9.17) is 4.74 Å². The van der Waals surface area contributed by atoms with Crippen LogP contribution in [0.4, 0.5) is 15.8 Å². The number of carbonyl (C=O) groups excluding carboxylic acids is 2. The zero-order valence-corrected chi connectivity index (χ0v) is 12.6. The van der Waals surface area contributed by atoms with Crippen LogP contribution in [0.5, 0.6) is 5.75 Å². The van der Waals surface area contributed by atoms with Crippen LogP contribution in [0.15, 0.2) is 42.5 Å². The highest BCUT2D eigenvalue weighted by Crippen LogP contribution is 2.27. The number of hydrogen-bond acceptors (Lipinski definition) is 5. The number of hydrogen-bond donors (Lipinski definition) is 1. The Morgan fingerprint density at radius 3 is 2.46 bits per heavy atom. The molecule has 24 heavy (non-hydrogen) atoms. The predicted molar refractivity (Wildman–Crippen MR) is 83.1 cm³/mol. The van der Waals surface area contributed by atoms with Crippen molar-refractivity contribution >= 4 is 23.3 Å². The molecule has 0 saturated heterocycles. The van der Waals surface area contributed by atoms with Gasteiger partial charge in [-0.2, -0.15) is 0 Å². The minimum Gasteiger partial charge on any atom is -0.419 e. The van der Waals surface area contributed by atoms with E-state index >= 15 is 0 Å². The molecule has 1 amide bonds. The number of nitrogens with zero attached hydrogens (tertiary/aromatic N) is 1. The molecule has 0 aliphatic heterocycles. The normalized spacial score (nSPS) is 10.1. The van der Waals surface area contributed by atoms with Gasteiger partial charge in [0.25, 0.3) is 0 Å². The zero-order valence-electron chi connectivity index (χ0n) is 12.6. The van der Waals surface area contributed by atoms with E-state index in [9.17, 15) is 24.1 Å². The molecule has 2 aromatic rings. The van der Waals surface area contributed by atoms with Gasteiger partial charge in [0, 0.05) is 24.7 Å². The summed E-state index contributed by atoms with van der Waals surface area (Å²) >= 11 is 0. The molecular formula is C16H13FN2O5. The summed E-state index contributed by atoms with van der Waals surface area (Å²) in [6.45, 7) is 1.37. The summed E-state index contributed by atoms with van der Waals surface area (Å²) in [5.41, 5.74) is 0.652. The van der Waals surface area contributed by atoms with Gasteiger partial charge < -0.3 is 10.1 Å². The van der Waals surface area contributed by atoms with E-state index in [-0.39, 0.29) is 12.3 Å². The Balaban J connectivity index is 2.07. The van der Waals surface area contributed by atoms with Gasteiger partial charge in [-0.25, -0.2) is 4.39 Å². The first-order valence-electron chi connectivity index (χ1n) is 6.86. The van der Waals surface area contributed by atoms with Crippen molar-refractivity contribution in [2.75, 3.05) is 5.32 Å². The molecule has 0 heterocycles.